The normalized spacial score (nSPS) is 10.4. The van der Waals surface area contributed by atoms with Crippen LogP contribution in [-0.2, 0) is 13.1 Å². The number of phenols is 1. The molecule has 0 aliphatic rings. The number of nitrogens with one attached hydrogen (secondary N) is 1. The molecule has 0 aliphatic heterocycles. The van der Waals surface area contributed by atoms with Crippen LogP contribution in [0.4, 0.5) is 9.18 Å². The van der Waals surface area contributed by atoms with Gasteiger partial charge in [0.1, 0.15) is 17.3 Å². The zero-order valence-corrected chi connectivity index (χ0v) is 15.3. The molecule has 1 aromatic heterocycles. The van der Waals surface area contributed by atoms with Crippen molar-refractivity contribution >= 4 is 6.03 Å². The molecule has 0 saturated carbocycles. The maximum atomic E-state index is 13.3. The number of aromatic hydroxyl groups is 1. The molecule has 0 spiro atoms. The topological polar surface area (TPSA) is 74.7 Å². The van der Waals surface area contributed by atoms with Crippen LogP contribution >= 0.6 is 0 Å². The van der Waals surface area contributed by atoms with E-state index in [-0.39, 0.29) is 30.8 Å². The first kappa shape index (κ1) is 19.2. The van der Waals surface area contributed by atoms with Crippen molar-refractivity contribution in [1.82, 2.24) is 15.2 Å². The molecular formula is C21H20FN3O3. The van der Waals surface area contributed by atoms with Gasteiger partial charge in [-0.1, -0.05) is 30.3 Å². The number of para-hydroxylation sites is 1. The predicted octanol–water partition coefficient (Wildman–Crippen LogP) is 4.06. The first-order valence-electron chi connectivity index (χ1n) is 8.66. The third-order valence-electron chi connectivity index (χ3n) is 4.04. The summed E-state index contributed by atoms with van der Waals surface area (Å²) in [5, 5.41) is 12.6. The van der Waals surface area contributed by atoms with E-state index in [0.29, 0.717) is 16.9 Å². The van der Waals surface area contributed by atoms with Gasteiger partial charge in [-0.05, 0) is 24.3 Å². The van der Waals surface area contributed by atoms with Gasteiger partial charge in [0.2, 0.25) is 5.88 Å². The van der Waals surface area contributed by atoms with Crippen LogP contribution in [0.5, 0.6) is 17.4 Å². The zero-order chi connectivity index (χ0) is 19.9. The van der Waals surface area contributed by atoms with Gasteiger partial charge in [-0.2, -0.15) is 0 Å². The summed E-state index contributed by atoms with van der Waals surface area (Å²) in [6.07, 6.45) is 1.56. The van der Waals surface area contributed by atoms with Gasteiger partial charge in [0.15, 0.2) is 0 Å². The lowest BCUT2D eigenvalue weighted by Crippen LogP contribution is -2.36. The first-order chi connectivity index (χ1) is 13.5. The Hall–Kier alpha value is -3.61. The van der Waals surface area contributed by atoms with E-state index >= 15 is 0 Å². The van der Waals surface area contributed by atoms with Gasteiger partial charge >= 0.3 is 6.03 Å². The Balaban J connectivity index is 1.62. The maximum absolute atomic E-state index is 13.3. The summed E-state index contributed by atoms with van der Waals surface area (Å²) in [5.41, 5.74) is 1.30. The van der Waals surface area contributed by atoms with E-state index in [1.165, 1.54) is 17.0 Å². The van der Waals surface area contributed by atoms with E-state index in [4.69, 9.17) is 4.74 Å². The van der Waals surface area contributed by atoms with Crippen LogP contribution in [0.15, 0.2) is 66.9 Å². The van der Waals surface area contributed by atoms with E-state index < -0.39 is 5.82 Å². The molecular weight excluding hydrogens is 361 g/mol. The summed E-state index contributed by atoms with van der Waals surface area (Å²) in [6, 6.07) is 15.8. The molecule has 144 valence electrons. The number of halogens is 1. The largest absolute Gasteiger partial charge is 0.508 e. The van der Waals surface area contributed by atoms with Crippen LogP contribution < -0.4 is 10.1 Å². The van der Waals surface area contributed by atoms with Gasteiger partial charge in [0.05, 0.1) is 6.54 Å². The second kappa shape index (κ2) is 8.85. The summed E-state index contributed by atoms with van der Waals surface area (Å²) < 4.78 is 19.0. The van der Waals surface area contributed by atoms with Crippen LogP contribution in [-0.4, -0.2) is 28.1 Å². The van der Waals surface area contributed by atoms with Crippen LogP contribution in [0, 0.1) is 5.82 Å². The van der Waals surface area contributed by atoms with Gasteiger partial charge < -0.3 is 20.1 Å². The lowest BCUT2D eigenvalue weighted by Gasteiger charge is -2.19. The van der Waals surface area contributed by atoms with Crippen LogP contribution in [0.25, 0.3) is 0 Å². The highest BCUT2D eigenvalue weighted by molar-refractivity contribution is 5.74. The van der Waals surface area contributed by atoms with Gasteiger partial charge in [0.25, 0.3) is 0 Å². The highest BCUT2D eigenvalue weighted by Crippen LogP contribution is 2.23. The quantitative estimate of drug-likeness (QED) is 0.675. The molecule has 2 amide bonds. The number of ether oxygens (including phenoxy) is 1. The molecule has 2 aromatic carbocycles. The maximum Gasteiger partial charge on any atom is 0.317 e. The second-order valence-electron chi connectivity index (χ2n) is 6.17. The Morgan fingerprint density at radius 1 is 1.14 bits per heavy atom. The Labute approximate surface area is 162 Å². The molecule has 0 atom stereocenters. The van der Waals surface area contributed by atoms with E-state index in [0.717, 1.165) is 0 Å². The van der Waals surface area contributed by atoms with Crippen molar-refractivity contribution < 1.29 is 19.0 Å². The summed E-state index contributed by atoms with van der Waals surface area (Å²) in [4.78, 5) is 18.0. The predicted molar refractivity (Wildman–Crippen MR) is 103 cm³/mol. The van der Waals surface area contributed by atoms with Crippen molar-refractivity contribution in [2.24, 2.45) is 0 Å². The average molecular weight is 381 g/mol. The van der Waals surface area contributed by atoms with E-state index in [2.05, 4.69) is 10.3 Å². The molecule has 7 heteroatoms. The number of benzene rings is 2. The number of carbonyl (C=O) groups excluding carboxylic acids is 1. The van der Waals surface area contributed by atoms with Crippen molar-refractivity contribution in [3.8, 4) is 17.4 Å². The molecule has 1 heterocycles. The molecule has 0 saturated heterocycles. The molecule has 6 nitrogen and oxygen atoms in total. The number of aromatic nitrogens is 1. The van der Waals surface area contributed by atoms with Crippen LogP contribution in [0.1, 0.15) is 11.1 Å². The molecule has 0 fully saturated rings. The Morgan fingerprint density at radius 2 is 1.93 bits per heavy atom. The fourth-order valence-electron chi connectivity index (χ4n) is 2.57. The first-order valence-corrected chi connectivity index (χ1v) is 8.66. The van der Waals surface area contributed by atoms with Gasteiger partial charge in [-0.15, -0.1) is 0 Å². The van der Waals surface area contributed by atoms with Crippen molar-refractivity contribution in [2.75, 3.05) is 7.05 Å². The Kier molecular flexibility index (Phi) is 6.06. The summed E-state index contributed by atoms with van der Waals surface area (Å²) in [5.74, 6) is 0.342. The average Bonchev–Trinajstić information content (AvgIpc) is 2.69. The number of urea groups is 1. The van der Waals surface area contributed by atoms with E-state index in [9.17, 15) is 14.3 Å². The van der Waals surface area contributed by atoms with Crippen molar-refractivity contribution in [2.45, 2.75) is 13.1 Å². The van der Waals surface area contributed by atoms with Crippen molar-refractivity contribution in [3.05, 3.63) is 83.8 Å². The van der Waals surface area contributed by atoms with Crippen molar-refractivity contribution in [3.63, 3.8) is 0 Å². The fourth-order valence-corrected chi connectivity index (χ4v) is 2.57. The number of carbonyl (C=O) groups is 1. The molecule has 3 aromatic rings. The summed E-state index contributed by atoms with van der Waals surface area (Å²) >= 11 is 0. The number of hydrogen-bond donors (Lipinski definition) is 2. The zero-order valence-electron chi connectivity index (χ0n) is 15.3. The number of phenolic OH excluding ortho intramolecular Hbond substituents is 1. The molecule has 3 rings (SSSR count). The number of pyridine rings is 1. The van der Waals surface area contributed by atoms with Crippen molar-refractivity contribution in [1.29, 1.82) is 0 Å². The van der Waals surface area contributed by atoms with Crippen LogP contribution in [0.2, 0.25) is 0 Å². The fraction of sp³-hybridized carbons (Fsp3) is 0.143. The SMILES string of the molecule is CN(Cc1ccccc1O)C(=O)NCc1cccnc1Oc1cccc(F)c1. The monoisotopic (exact) mass is 381 g/mol. The molecule has 28 heavy (non-hydrogen) atoms. The molecule has 0 bridgehead atoms. The minimum atomic E-state index is -0.408. The second-order valence-corrected chi connectivity index (χ2v) is 6.17. The van der Waals surface area contributed by atoms with Crippen LogP contribution in [0.3, 0.4) is 0 Å². The molecule has 0 radical (unpaired) electrons. The third-order valence-corrected chi connectivity index (χ3v) is 4.04. The Morgan fingerprint density at radius 3 is 2.71 bits per heavy atom. The number of rotatable bonds is 6. The molecule has 2 N–H and O–H groups in total. The van der Waals surface area contributed by atoms with Gasteiger partial charge in [-0.3, -0.25) is 0 Å². The standard InChI is InChI=1S/C21H20FN3O3/c1-25(14-16-6-2-3-10-19(16)26)21(27)24-13-15-7-5-11-23-20(15)28-18-9-4-8-17(22)12-18/h2-12,26H,13-14H2,1H3,(H,24,27). The van der Waals surface area contributed by atoms with Gasteiger partial charge in [-0.25, -0.2) is 14.2 Å². The summed E-state index contributed by atoms with van der Waals surface area (Å²) in [6.45, 7) is 0.445. The highest BCUT2D eigenvalue weighted by Gasteiger charge is 2.13. The molecule has 0 unspecified atom stereocenters. The van der Waals surface area contributed by atoms with E-state index in [1.54, 1.807) is 61.8 Å². The minimum Gasteiger partial charge on any atom is -0.508 e. The third kappa shape index (κ3) is 4.97. The number of nitrogens with zero attached hydrogens (tertiary/aromatic N) is 2. The Bertz CT molecular complexity index is 965. The minimum absolute atomic E-state index is 0.139. The van der Waals surface area contributed by atoms with E-state index in [1.807, 2.05) is 0 Å². The van der Waals surface area contributed by atoms with Gasteiger partial charge in [0, 0.05) is 37.0 Å². The number of amides is 2. The lowest BCUT2D eigenvalue weighted by atomic mass is 10.2. The highest BCUT2D eigenvalue weighted by atomic mass is 19.1. The smallest absolute Gasteiger partial charge is 0.317 e. The molecule has 0 aliphatic carbocycles. The lowest BCUT2D eigenvalue weighted by molar-refractivity contribution is 0.206. The number of hydrogen-bond acceptors (Lipinski definition) is 4. The summed E-state index contributed by atoms with van der Waals surface area (Å²) in [7, 11) is 1.63.